The van der Waals surface area contributed by atoms with E-state index in [-0.39, 0.29) is 0 Å². The summed E-state index contributed by atoms with van der Waals surface area (Å²) < 4.78 is 2.14. The first-order valence-electron chi connectivity index (χ1n) is 6.65. The highest BCUT2D eigenvalue weighted by Crippen LogP contribution is 2.20. The minimum absolute atomic E-state index is 0.757. The average Bonchev–Trinajstić information content (AvgIpc) is 2.89. The molecule has 0 unspecified atom stereocenters. The van der Waals surface area contributed by atoms with Crippen molar-refractivity contribution in [1.82, 2.24) is 9.55 Å². The molecule has 0 aliphatic carbocycles. The van der Waals surface area contributed by atoms with Crippen molar-refractivity contribution in [2.75, 3.05) is 5.73 Å². The third-order valence-electron chi connectivity index (χ3n) is 3.33. The molecule has 3 aromatic rings. The number of aromatic nitrogens is 2. The molecule has 0 fully saturated rings. The number of hydrogen-bond donors (Lipinski definition) is 1. The zero-order chi connectivity index (χ0) is 13.9. The van der Waals surface area contributed by atoms with Crippen LogP contribution in [-0.4, -0.2) is 9.55 Å². The van der Waals surface area contributed by atoms with Gasteiger partial charge in [-0.2, -0.15) is 0 Å². The van der Waals surface area contributed by atoms with Gasteiger partial charge in [0.05, 0.1) is 0 Å². The van der Waals surface area contributed by atoms with E-state index in [2.05, 4.69) is 40.7 Å². The van der Waals surface area contributed by atoms with Crippen LogP contribution in [0.4, 0.5) is 5.69 Å². The number of hydrogen-bond acceptors (Lipinski definition) is 2. The molecule has 2 aromatic carbocycles. The van der Waals surface area contributed by atoms with Gasteiger partial charge in [-0.1, -0.05) is 42.0 Å². The smallest absolute Gasteiger partial charge is 0.140 e. The number of benzene rings is 2. The average molecular weight is 263 g/mol. The molecule has 0 aliphatic rings. The molecule has 0 saturated carbocycles. The van der Waals surface area contributed by atoms with E-state index >= 15 is 0 Å². The maximum atomic E-state index is 5.85. The lowest BCUT2D eigenvalue weighted by Crippen LogP contribution is -2.01. The second kappa shape index (κ2) is 5.21. The van der Waals surface area contributed by atoms with Crippen molar-refractivity contribution in [3.63, 3.8) is 0 Å². The Hall–Kier alpha value is -2.55. The summed E-state index contributed by atoms with van der Waals surface area (Å²) in [5, 5.41) is 0. The van der Waals surface area contributed by atoms with Gasteiger partial charge in [-0.25, -0.2) is 4.98 Å². The fourth-order valence-corrected chi connectivity index (χ4v) is 2.27. The van der Waals surface area contributed by atoms with Crippen molar-refractivity contribution in [2.24, 2.45) is 0 Å². The van der Waals surface area contributed by atoms with Crippen LogP contribution < -0.4 is 5.73 Å². The van der Waals surface area contributed by atoms with E-state index in [1.165, 1.54) is 11.1 Å². The van der Waals surface area contributed by atoms with E-state index < -0.39 is 0 Å². The van der Waals surface area contributed by atoms with E-state index in [9.17, 15) is 0 Å². The van der Waals surface area contributed by atoms with Gasteiger partial charge in [0.15, 0.2) is 0 Å². The number of nitrogen functional groups attached to an aromatic ring is 1. The van der Waals surface area contributed by atoms with E-state index in [1.807, 2.05) is 36.7 Å². The summed E-state index contributed by atoms with van der Waals surface area (Å²) >= 11 is 0. The largest absolute Gasteiger partial charge is 0.399 e. The van der Waals surface area contributed by atoms with Gasteiger partial charge in [-0.05, 0) is 24.6 Å². The summed E-state index contributed by atoms with van der Waals surface area (Å²) in [7, 11) is 0. The molecule has 3 heteroatoms. The van der Waals surface area contributed by atoms with Crippen LogP contribution in [0.15, 0.2) is 60.9 Å². The Morgan fingerprint density at radius 1 is 1.10 bits per heavy atom. The number of nitrogens with two attached hydrogens (primary N) is 1. The number of rotatable bonds is 3. The Morgan fingerprint density at radius 2 is 1.90 bits per heavy atom. The Labute approximate surface area is 118 Å². The lowest BCUT2D eigenvalue weighted by atomic mass is 10.1. The van der Waals surface area contributed by atoms with Gasteiger partial charge in [0.1, 0.15) is 5.82 Å². The van der Waals surface area contributed by atoms with Crippen LogP contribution in [0.25, 0.3) is 11.4 Å². The summed E-state index contributed by atoms with van der Waals surface area (Å²) in [5.41, 5.74) is 10.2. The maximum Gasteiger partial charge on any atom is 0.140 e. The molecular weight excluding hydrogens is 246 g/mol. The predicted molar refractivity (Wildman–Crippen MR) is 82.4 cm³/mol. The first-order valence-corrected chi connectivity index (χ1v) is 6.65. The standard InChI is InChI=1S/C17H17N3/c1-13-5-7-14(8-6-13)12-20-10-9-19-17(20)15-3-2-4-16(18)11-15/h2-11H,12,18H2,1H3. The minimum atomic E-state index is 0.757. The first kappa shape index (κ1) is 12.5. The lowest BCUT2D eigenvalue weighted by Gasteiger charge is -2.09. The second-order valence-electron chi connectivity index (χ2n) is 4.99. The quantitative estimate of drug-likeness (QED) is 0.735. The monoisotopic (exact) mass is 263 g/mol. The number of nitrogens with zero attached hydrogens (tertiary/aromatic N) is 2. The van der Waals surface area contributed by atoms with Gasteiger partial charge >= 0.3 is 0 Å². The molecule has 0 saturated heterocycles. The zero-order valence-corrected chi connectivity index (χ0v) is 11.5. The van der Waals surface area contributed by atoms with Gasteiger partial charge in [0, 0.05) is 30.2 Å². The molecule has 0 aliphatic heterocycles. The van der Waals surface area contributed by atoms with Crippen LogP contribution in [0.5, 0.6) is 0 Å². The first-order chi connectivity index (χ1) is 9.72. The normalized spacial score (nSPS) is 10.7. The van der Waals surface area contributed by atoms with Crippen LogP contribution in [-0.2, 0) is 6.54 Å². The Balaban J connectivity index is 1.92. The minimum Gasteiger partial charge on any atom is -0.399 e. The van der Waals surface area contributed by atoms with Crippen LogP contribution in [0.1, 0.15) is 11.1 Å². The van der Waals surface area contributed by atoms with Crippen molar-refractivity contribution in [3.8, 4) is 11.4 Å². The Morgan fingerprint density at radius 3 is 2.65 bits per heavy atom. The molecular formula is C17H17N3. The maximum absolute atomic E-state index is 5.85. The van der Waals surface area contributed by atoms with Crippen molar-refractivity contribution in [2.45, 2.75) is 13.5 Å². The van der Waals surface area contributed by atoms with E-state index in [4.69, 9.17) is 5.73 Å². The summed E-state index contributed by atoms with van der Waals surface area (Å²) in [6, 6.07) is 16.4. The molecule has 0 atom stereocenters. The molecule has 100 valence electrons. The molecule has 0 radical (unpaired) electrons. The number of imidazole rings is 1. The summed E-state index contributed by atoms with van der Waals surface area (Å²) in [5.74, 6) is 0.942. The van der Waals surface area contributed by atoms with Crippen molar-refractivity contribution in [1.29, 1.82) is 0 Å². The number of anilines is 1. The topological polar surface area (TPSA) is 43.8 Å². The molecule has 2 N–H and O–H groups in total. The van der Waals surface area contributed by atoms with Crippen molar-refractivity contribution in [3.05, 3.63) is 72.1 Å². The highest BCUT2D eigenvalue weighted by molar-refractivity contribution is 5.61. The molecule has 20 heavy (non-hydrogen) atoms. The van der Waals surface area contributed by atoms with Gasteiger partial charge in [0.2, 0.25) is 0 Å². The van der Waals surface area contributed by atoms with E-state index in [0.717, 1.165) is 23.6 Å². The predicted octanol–water partition coefficient (Wildman–Crippen LogP) is 3.49. The zero-order valence-electron chi connectivity index (χ0n) is 11.5. The molecule has 0 bridgehead atoms. The van der Waals surface area contributed by atoms with Gasteiger partial charge < -0.3 is 10.3 Å². The molecule has 0 spiro atoms. The van der Waals surface area contributed by atoms with Gasteiger partial charge in [-0.3, -0.25) is 0 Å². The summed E-state index contributed by atoms with van der Waals surface area (Å²) in [4.78, 5) is 4.45. The molecule has 3 nitrogen and oxygen atoms in total. The Bertz CT molecular complexity index is 711. The fraction of sp³-hybridized carbons (Fsp3) is 0.118. The third kappa shape index (κ3) is 2.57. The van der Waals surface area contributed by atoms with Crippen LogP contribution in [0, 0.1) is 6.92 Å². The van der Waals surface area contributed by atoms with Gasteiger partial charge in [-0.15, -0.1) is 0 Å². The molecule has 0 amide bonds. The van der Waals surface area contributed by atoms with Crippen molar-refractivity contribution < 1.29 is 0 Å². The van der Waals surface area contributed by atoms with Crippen LogP contribution >= 0.6 is 0 Å². The highest BCUT2D eigenvalue weighted by atomic mass is 15.1. The Kier molecular flexibility index (Phi) is 3.25. The van der Waals surface area contributed by atoms with Crippen LogP contribution in [0.3, 0.4) is 0 Å². The van der Waals surface area contributed by atoms with E-state index in [1.54, 1.807) is 0 Å². The fourth-order valence-electron chi connectivity index (χ4n) is 2.27. The molecule has 3 rings (SSSR count). The van der Waals surface area contributed by atoms with Crippen LogP contribution in [0.2, 0.25) is 0 Å². The summed E-state index contributed by atoms with van der Waals surface area (Å²) in [6.45, 7) is 2.91. The van der Waals surface area contributed by atoms with Crippen molar-refractivity contribution >= 4 is 5.69 Å². The van der Waals surface area contributed by atoms with E-state index in [0.29, 0.717) is 0 Å². The highest BCUT2D eigenvalue weighted by Gasteiger charge is 2.06. The molecule has 1 aromatic heterocycles. The second-order valence-corrected chi connectivity index (χ2v) is 4.99. The third-order valence-corrected chi connectivity index (χ3v) is 3.33. The lowest BCUT2D eigenvalue weighted by molar-refractivity contribution is 0.807. The SMILES string of the molecule is Cc1ccc(Cn2ccnc2-c2cccc(N)c2)cc1. The molecule has 1 heterocycles. The van der Waals surface area contributed by atoms with Gasteiger partial charge in [0.25, 0.3) is 0 Å². The summed E-state index contributed by atoms with van der Waals surface area (Å²) in [6.07, 6.45) is 3.82. The number of aryl methyl sites for hydroxylation is 1.